The van der Waals surface area contributed by atoms with Gasteiger partial charge in [-0.25, -0.2) is 23.4 Å². The molecule has 7 rings (SSSR count). The van der Waals surface area contributed by atoms with Crippen LogP contribution in [0.15, 0.2) is 64.7 Å². The molecule has 0 aliphatic carbocycles. The number of amidine groups is 2. The second kappa shape index (κ2) is 24.2. The van der Waals surface area contributed by atoms with Gasteiger partial charge in [-0.2, -0.15) is 13.2 Å². The number of imide groups is 2. The second-order valence-corrected chi connectivity index (χ2v) is 17.6. The van der Waals surface area contributed by atoms with Gasteiger partial charge < -0.3 is 45.5 Å². The molecule has 2 saturated heterocycles. The predicted octanol–water partition coefficient (Wildman–Crippen LogP) is 2.68. The zero-order valence-electron chi connectivity index (χ0n) is 39.1. The molecule has 4 aromatic rings. The third-order valence-electron chi connectivity index (χ3n) is 11.6. The van der Waals surface area contributed by atoms with E-state index in [1.807, 2.05) is 0 Å². The molecule has 400 valence electrons. The quantitative estimate of drug-likeness (QED) is 0.0197. The summed E-state index contributed by atoms with van der Waals surface area (Å²) in [7, 11) is 0. The molecule has 4 heterocycles. The van der Waals surface area contributed by atoms with Crippen LogP contribution in [0.3, 0.4) is 0 Å². The minimum atomic E-state index is -4.95. The largest absolute Gasteiger partial charge is 0.418 e. The van der Waals surface area contributed by atoms with Gasteiger partial charge >= 0.3 is 6.18 Å². The van der Waals surface area contributed by atoms with Crippen molar-refractivity contribution in [3.8, 4) is 11.3 Å². The number of aliphatic hydroxyl groups excluding tert-OH is 2. The Balaban J connectivity index is 0.950. The third kappa shape index (κ3) is 13.2. The Morgan fingerprint density at radius 1 is 0.960 bits per heavy atom. The van der Waals surface area contributed by atoms with Crippen LogP contribution in [-0.2, 0) is 39.5 Å². The number of ether oxygens (including phenoxy) is 4. The Morgan fingerprint density at radius 2 is 1.64 bits per heavy atom. The molecule has 75 heavy (non-hydrogen) atoms. The lowest BCUT2D eigenvalue weighted by molar-refractivity contribution is -0.200. The second-order valence-electron chi connectivity index (χ2n) is 16.8. The normalized spacial score (nSPS) is 21.3. The first-order valence-corrected chi connectivity index (χ1v) is 23.4. The number of carbonyl (C=O) groups is 6. The van der Waals surface area contributed by atoms with Gasteiger partial charge in [-0.15, -0.1) is 5.10 Å². The number of benzene rings is 3. The van der Waals surface area contributed by atoms with E-state index < -0.39 is 125 Å². The minimum Gasteiger partial charge on any atom is -0.394 e. The van der Waals surface area contributed by atoms with Crippen molar-refractivity contribution in [3.05, 3.63) is 98.7 Å². The number of halogens is 7. The van der Waals surface area contributed by atoms with Gasteiger partial charge in [-0.1, -0.05) is 28.4 Å². The van der Waals surface area contributed by atoms with Gasteiger partial charge in [0.1, 0.15) is 65.5 Å². The van der Waals surface area contributed by atoms with Crippen LogP contribution in [0.4, 0.5) is 27.6 Å². The number of hydrogen-bond acceptors (Lipinski definition) is 15. The fraction of sp³-hybridized carbons (Fsp3) is 0.391. The summed E-state index contributed by atoms with van der Waals surface area (Å²) in [5.41, 5.74) is 3.66. The number of nitrogens with zero attached hydrogens (tertiary/aromatic N) is 6. The van der Waals surface area contributed by atoms with Crippen LogP contribution in [0, 0.1) is 11.6 Å². The van der Waals surface area contributed by atoms with Crippen LogP contribution in [0.1, 0.15) is 62.4 Å². The summed E-state index contributed by atoms with van der Waals surface area (Å²) in [4.78, 5) is 85.1. The molecule has 29 heteroatoms. The molecule has 7 N–H and O–H groups in total. The molecule has 3 aromatic carbocycles. The van der Waals surface area contributed by atoms with E-state index in [4.69, 9.17) is 47.9 Å². The highest BCUT2D eigenvalue weighted by atomic mass is 35.5. The molecule has 0 spiro atoms. The molecule has 3 aliphatic heterocycles. The van der Waals surface area contributed by atoms with Crippen molar-refractivity contribution in [1.82, 2.24) is 35.8 Å². The van der Waals surface area contributed by atoms with E-state index in [1.54, 1.807) is 0 Å². The number of rotatable bonds is 19. The van der Waals surface area contributed by atoms with Crippen molar-refractivity contribution in [1.29, 1.82) is 0 Å². The molecule has 0 bridgehead atoms. The molecule has 22 nitrogen and oxygen atoms in total. The lowest BCUT2D eigenvalue weighted by atomic mass is 9.91. The van der Waals surface area contributed by atoms with Gasteiger partial charge in [0.2, 0.25) is 17.7 Å². The zero-order chi connectivity index (χ0) is 54.3. The maximum Gasteiger partial charge on any atom is 0.418 e. The Morgan fingerprint density at radius 3 is 2.29 bits per heavy atom. The summed E-state index contributed by atoms with van der Waals surface area (Å²) in [6.07, 6.45) is -10.6. The molecular weight excluding hydrogens is 1050 g/mol. The minimum absolute atomic E-state index is 0.0134. The van der Waals surface area contributed by atoms with Crippen LogP contribution in [0.25, 0.3) is 11.3 Å². The SMILES string of the molecule is CC(N)=NC(=Nc1cc(Cl)ccc1C(F)(F)F)[C@@H]1O[C@H](CO)[C@H](O)[C@H](n2cc(-c3cc(F)c(Cl)c(F)c3)nn2)[C@H]1OCC(=O)NCCOCCOCCNC(=O)c1ccc2c(c1)C(=O)N(C1CCC(=O)NC1=O)C2=O. The molecule has 6 atom stereocenters. The highest BCUT2D eigenvalue weighted by molar-refractivity contribution is 6.31. The van der Waals surface area contributed by atoms with Crippen LogP contribution < -0.4 is 21.7 Å². The third-order valence-corrected chi connectivity index (χ3v) is 12.2. The summed E-state index contributed by atoms with van der Waals surface area (Å²) in [6, 6.07) is 5.50. The van der Waals surface area contributed by atoms with Gasteiger partial charge in [-0.3, -0.25) is 39.0 Å². The molecule has 3 aliphatic rings. The summed E-state index contributed by atoms with van der Waals surface area (Å²) >= 11 is 11.7. The van der Waals surface area contributed by atoms with E-state index in [0.717, 1.165) is 40.0 Å². The van der Waals surface area contributed by atoms with Crippen molar-refractivity contribution >= 4 is 76.0 Å². The van der Waals surface area contributed by atoms with Gasteiger partial charge in [-0.05, 0) is 61.9 Å². The molecule has 1 aromatic heterocycles. The fourth-order valence-corrected chi connectivity index (χ4v) is 8.38. The summed E-state index contributed by atoms with van der Waals surface area (Å²) in [6.45, 7) is -0.394. The first kappa shape index (κ1) is 55.9. The predicted molar refractivity (Wildman–Crippen MR) is 252 cm³/mol. The van der Waals surface area contributed by atoms with Crippen LogP contribution in [-0.4, -0.2) is 160 Å². The molecular formula is C46H45Cl2F5N10O12. The average molecular weight is 1100 g/mol. The van der Waals surface area contributed by atoms with Crippen molar-refractivity contribution in [2.45, 2.75) is 62.4 Å². The maximum atomic E-state index is 14.5. The lowest BCUT2D eigenvalue weighted by Crippen LogP contribution is -2.59. The Labute approximate surface area is 431 Å². The number of aliphatic hydroxyl groups is 2. The van der Waals surface area contributed by atoms with Gasteiger partial charge in [0.15, 0.2) is 5.84 Å². The smallest absolute Gasteiger partial charge is 0.394 e. The number of hydrogen-bond donors (Lipinski definition) is 6. The Bertz CT molecular complexity index is 2900. The van der Waals surface area contributed by atoms with E-state index in [2.05, 4.69) is 36.2 Å². The van der Waals surface area contributed by atoms with E-state index in [0.29, 0.717) is 6.07 Å². The van der Waals surface area contributed by atoms with E-state index in [1.165, 1.54) is 25.1 Å². The fourth-order valence-electron chi connectivity index (χ4n) is 8.10. The topological polar surface area (TPSA) is 301 Å². The lowest BCUT2D eigenvalue weighted by Gasteiger charge is -2.43. The van der Waals surface area contributed by atoms with E-state index in [9.17, 15) is 60.9 Å². The number of aromatic nitrogens is 3. The number of carbonyl (C=O) groups excluding carboxylic acids is 6. The first-order valence-electron chi connectivity index (χ1n) is 22.6. The molecule has 0 radical (unpaired) electrons. The number of amides is 6. The van der Waals surface area contributed by atoms with E-state index >= 15 is 0 Å². The highest BCUT2D eigenvalue weighted by Gasteiger charge is 2.50. The number of piperidine rings is 1. The Kier molecular flexibility index (Phi) is 18.0. The van der Waals surface area contributed by atoms with Crippen LogP contribution in [0.5, 0.6) is 0 Å². The maximum absolute atomic E-state index is 14.5. The van der Waals surface area contributed by atoms with Crippen LogP contribution >= 0.6 is 23.2 Å². The first-order chi connectivity index (χ1) is 35.7. The number of aliphatic imine (C=N–C) groups is 2. The number of alkyl halides is 3. The molecule has 0 saturated carbocycles. The van der Waals surface area contributed by atoms with Crippen molar-refractivity contribution < 1.29 is 79.9 Å². The van der Waals surface area contributed by atoms with Gasteiger partial charge in [0.05, 0.1) is 67.4 Å². The molecule has 6 amide bonds. The molecule has 1 unspecified atom stereocenters. The van der Waals surface area contributed by atoms with Crippen molar-refractivity contribution in [2.24, 2.45) is 15.7 Å². The average Bonchev–Trinajstić information content (AvgIpc) is 3.94. The monoisotopic (exact) mass is 1090 g/mol. The summed E-state index contributed by atoms with van der Waals surface area (Å²) in [5.74, 6) is -7.19. The molecule has 2 fully saturated rings. The summed E-state index contributed by atoms with van der Waals surface area (Å²) < 4.78 is 95.6. The highest BCUT2D eigenvalue weighted by Crippen LogP contribution is 2.40. The van der Waals surface area contributed by atoms with Gasteiger partial charge in [0, 0.05) is 35.7 Å². The standard InChI is InChI=1S/C46H45Cl2F5N10O12/c1-21(54)57-41(58-30-17-24(47)3-5-27(30)46(51,52)53)40-39(37(38(67)33(19-64)75-40)62-18-31(60-61-62)23-15-28(49)36(48)29(50)16-23)74-20-35(66)55-8-10-72-12-13-73-11-9-56-42(68)22-2-4-25-26(14-22)45(71)63(44(25)70)32-6-7-34(65)59-43(32)69/h2-5,14-18,32-33,37-40,64,67H,6-13,19-20H2,1H3,(H,55,66)(H,56,68)(H2,54,57,58)(H,59,65,69)/t32?,33-,37+,38+,39-,40-/m1/s1. The number of nitrogens with two attached hydrogens (primary N) is 1. The number of nitrogens with one attached hydrogen (secondary N) is 3. The summed E-state index contributed by atoms with van der Waals surface area (Å²) in [5, 5.41) is 36.3. The van der Waals surface area contributed by atoms with Crippen molar-refractivity contribution in [2.75, 3.05) is 52.7 Å². The zero-order valence-corrected chi connectivity index (χ0v) is 40.6. The van der Waals surface area contributed by atoms with Crippen molar-refractivity contribution in [3.63, 3.8) is 0 Å². The van der Waals surface area contributed by atoms with Crippen LogP contribution in [0.2, 0.25) is 10.0 Å². The van der Waals surface area contributed by atoms with E-state index in [-0.39, 0.29) is 91.2 Å². The van der Waals surface area contributed by atoms with Gasteiger partial charge in [0.25, 0.3) is 17.7 Å². The Hall–Kier alpha value is -6.85. The number of fused-ring (bicyclic) bond motifs is 1.